The highest BCUT2D eigenvalue weighted by molar-refractivity contribution is 5.93. The Kier molecular flexibility index (Phi) is 4.47. The summed E-state index contributed by atoms with van der Waals surface area (Å²) in [5.41, 5.74) is -4.71. The van der Waals surface area contributed by atoms with E-state index in [0.29, 0.717) is 18.4 Å². The van der Waals surface area contributed by atoms with Crippen molar-refractivity contribution in [1.29, 1.82) is 0 Å². The van der Waals surface area contributed by atoms with Gasteiger partial charge in [-0.25, -0.2) is 4.79 Å². The fraction of sp³-hybridized carbons (Fsp3) is 0.731. The summed E-state index contributed by atoms with van der Waals surface area (Å²) < 4.78 is 23.0. The zero-order valence-corrected chi connectivity index (χ0v) is 20.4. The smallest absolute Gasteiger partial charge is 0.339 e. The number of cyclic esters (lactones) is 2. The lowest BCUT2D eigenvalue weighted by atomic mass is 9.36. The number of aliphatic hydroxyl groups excluding tert-OH is 1. The molecular weight excluding hydrogens is 456 g/mol. The summed E-state index contributed by atoms with van der Waals surface area (Å²) in [7, 11) is 0. The molecule has 9 nitrogen and oxygen atoms in total. The van der Waals surface area contributed by atoms with Gasteiger partial charge in [0.05, 0.1) is 36.1 Å². The van der Waals surface area contributed by atoms with Gasteiger partial charge in [-0.2, -0.15) is 0 Å². The van der Waals surface area contributed by atoms with Crippen molar-refractivity contribution in [1.82, 2.24) is 0 Å². The van der Waals surface area contributed by atoms with E-state index in [2.05, 4.69) is 0 Å². The van der Waals surface area contributed by atoms with Crippen LogP contribution in [0.15, 0.2) is 23.0 Å². The van der Waals surface area contributed by atoms with Crippen molar-refractivity contribution >= 4 is 17.7 Å². The Balaban J connectivity index is 1.54. The minimum Gasteiger partial charge on any atom is -0.472 e. The lowest BCUT2D eigenvalue weighted by molar-refractivity contribution is -0.259. The van der Waals surface area contributed by atoms with Crippen molar-refractivity contribution in [3.8, 4) is 0 Å². The number of carbonyl (C=O) groups is 3. The third kappa shape index (κ3) is 2.52. The minimum absolute atomic E-state index is 0.0234. The van der Waals surface area contributed by atoms with Crippen LogP contribution in [0.5, 0.6) is 0 Å². The van der Waals surface area contributed by atoms with E-state index in [1.54, 1.807) is 26.2 Å². The Hall–Kier alpha value is -2.23. The second-order valence-corrected chi connectivity index (χ2v) is 12.1. The molecule has 3 aliphatic heterocycles. The molecule has 2 N–H and O–H groups in total. The van der Waals surface area contributed by atoms with E-state index in [-0.39, 0.29) is 25.2 Å². The van der Waals surface area contributed by atoms with Crippen molar-refractivity contribution in [3.05, 3.63) is 24.2 Å². The second-order valence-electron chi connectivity index (χ2n) is 12.1. The summed E-state index contributed by atoms with van der Waals surface area (Å²) in [6.45, 7) is 7.01. The molecule has 1 aromatic heterocycles. The van der Waals surface area contributed by atoms with Crippen LogP contribution in [0.4, 0.5) is 0 Å². The predicted molar refractivity (Wildman–Crippen MR) is 118 cm³/mol. The van der Waals surface area contributed by atoms with Gasteiger partial charge >= 0.3 is 11.9 Å². The van der Waals surface area contributed by atoms with Crippen LogP contribution in [0.3, 0.4) is 0 Å². The maximum Gasteiger partial charge on any atom is 0.339 e. The Morgan fingerprint density at radius 2 is 1.86 bits per heavy atom. The molecule has 190 valence electrons. The van der Waals surface area contributed by atoms with Crippen LogP contribution in [0.1, 0.15) is 65.0 Å². The first-order chi connectivity index (χ1) is 16.3. The van der Waals surface area contributed by atoms with Crippen molar-refractivity contribution in [2.45, 2.75) is 82.9 Å². The summed E-state index contributed by atoms with van der Waals surface area (Å²) in [6, 6.07) is 1.76. The lowest BCUT2D eigenvalue weighted by Gasteiger charge is -2.67. The molecule has 35 heavy (non-hydrogen) atoms. The van der Waals surface area contributed by atoms with Gasteiger partial charge in [-0.3, -0.25) is 9.59 Å². The van der Waals surface area contributed by atoms with Gasteiger partial charge in [-0.15, -0.1) is 0 Å². The first-order valence-electron chi connectivity index (χ1n) is 12.3. The van der Waals surface area contributed by atoms with Gasteiger partial charge in [-0.05, 0) is 45.6 Å². The highest BCUT2D eigenvalue weighted by Gasteiger charge is 2.89. The summed E-state index contributed by atoms with van der Waals surface area (Å²) in [5, 5.41) is 22.7. The van der Waals surface area contributed by atoms with Crippen LogP contribution in [0.25, 0.3) is 0 Å². The highest BCUT2D eigenvalue weighted by atomic mass is 16.7. The molecule has 0 bridgehead atoms. The maximum atomic E-state index is 14.2. The van der Waals surface area contributed by atoms with Crippen molar-refractivity contribution < 1.29 is 43.2 Å². The number of rotatable bonds is 2. The zero-order chi connectivity index (χ0) is 25.2. The first-order valence-corrected chi connectivity index (χ1v) is 12.3. The zero-order valence-electron chi connectivity index (χ0n) is 20.4. The molecule has 9 unspecified atom stereocenters. The monoisotopic (exact) mass is 488 g/mol. The summed E-state index contributed by atoms with van der Waals surface area (Å²) in [4.78, 5) is 39.4. The molecule has 6 rings (SSSR count). The number of carbonyl (C=O) groups excluding carboxylic acids is 3. The summed E-state index contributed by atoms with van der Waals surface area (Å²) >= 11 is 0. The molecule has 2 saturated carbocycles. The molecule has 0 aromatic carbocycles. The van der Waals surface area contributed by atoms with E-state index >= 15 is 0 Å². The number of epoxide rings is 1. The van der Waals surface area contributed by atoms with Crippen LogP contribution >= 0.6 is 0 Å². The standard InChI is InChI=1S/C26H32O9/c1-22(2,31)15-9-16(27)24(4)14(25(15)12-33-18(29)10-17(25)28)5-7-23(3)19(13-6-8-32-11-13)34-21(30)20-26(23,24)35-20/h6,8,11,14-15,17,19-20,28,31H,5,7,9-10,12H2,1-4H3. The molecule has 9 atom stereocenters. The third-order valence-corrected chi connectivity index (χ3v) is 10.3. The molecule has 2 spiro atoms. The fourth-order valence-corrected chi connectivity index (χ4v) is 8.78. The number of aliphatic hydroxyl groups is 2. The SMILES string of the molecule is CC(C)(O)C1CC(=O)C2(C)C(CCC3(C)C(c4ccoc4)OC(=O)C4OC432)C12COC(=O)CC2O. The van der Waals surface area contributed by atoms with Gasteiger partial charge in [-0.1, -0.05) is 6.92 Å². The first kappa shape index (κ1) is 23.2. The van der Waals surface area contributed by atoms with E-state index in [1.165, 1.54) is 6.26 Å². The molecule has 2 aliphatic carbocycles. The minimum atomic E-state index is -1.31. The number of ether oxygens (including phenoxy) is 3. The maximum absolute atomic E-state index is 14.2. The van der Waals surface area contributed by atoms with E-state index in [1.807, 2.05) is 13.8 Å². The van der Waals surface area contributed by atoms with Crippen molar-refractivity contribution in [3.63, 3.8) is 0 Å². The van der Waals surface area contributed by atoms with Gasteiger partial charge in [0.15, 0.2) is 6.10 Å². The van der Waals surface area contributed by atoms with Crippen LogP contribution in [-0.2, 0) is 28.6 Å². The van der Waals surface area contributed by atoms with Gasteiger partial charge in [0.25, 0.3) is 0 Å². The van der Waals surface area contributed by atoms with E-state index < -0.39 is 69.5 Å². The molecule has 5 fully saturated rings. The molecular formula is C26H32O9. The number of ketones is 1. The van der Waals surface area contributed by atoms with Gasteiger partial charge in [0.2, 0.25) is 0 Å². The van der Waals surface area contributed by atoms with Gasteiger partial charge < -0.3 is 28.8 Å². The predicted octanol–water partition coefficient (Wildman–Crippen LogP) is 2.09. The molecule has 0 amide bonds. The van der Waals surface area contributed by atoms with E-state index in [9.17, 15) is 24.6 Å². The molecule has 5 aliphatic rings. The number of esters is 2. The topological polar surface area (TPSA) is 136 Å². The Morgan fingerprint density at radius 3 is 2.49 bits per heavy atom. The molecule has 1 aromatic rings. The third-order valence-electron chi connectivity index (χ3n) is 10.3. The van der Waals surface area contributed by atoms with Gasteiger partial charge in [0.1, 0.15) is 24.1 Å². The van der Waals surface area contributed by atoms with E-state index in [0.717, 1.165) is 0 Å². The van der Waals surface area contributed by atoms with Crippen LogP contribution in [0.2, 0.25) is 0 Å². The molecule has 4 heterocycles. The Labute approximate surface area is 203 Å². The van der Waals surface area contributed by atoms with Crippen molar-refractivity contribution in [2.75, 3.05) is 6.61 Å². The summed E-state index contributed by atoms with van der Waals surface area (Å²) in [6.07, 6.45) is 1.23. The fourth-order valence-electron chi connectivity index (χ4n) is 8.78. The van der Waals surface area contributed by atoms with Crippen LogP contribution in [-0.4, -0.2) is 58.0 Å². The van der Waals surface area contributed by atoms with E-state index in [4.69, 9.17) is 18.6 Å². The number of hydrogen-bond acceptors (Lipinski definition) is 9. The quantitative estimate of drug-likeness (QED) is 0.474. The number of hydrogen-bond donors (Lipinski definition) is 2. The Morgan fingerprint density at radius 1 is 1.11 bits per heavy atom. The second kappa shape index (κ2) is 6.75. The number of furan rings is 1. The number of fused-ring (bicyclic) bond motifs is 2. The molecule has 0 radical (unpaired) electrons. The average molecular weight is 489 g/mol. The lowest BCUT2D eigenvalue weighted by Crippen LogP contribution is -2.75. The summed E-state index contributed by atoms with van der Waals surface area (Å²) in [5.74, 6) is -2.25. The normalized spacial score (nSPS) is 49.0. The average Bonchev–Trinajstić information content (AvgIpc) is 3.34. The largest absolute Gasteiger partial charge is 0.472 e. The molecule has 9 heteroatoms. The van der Waals surface area contributed by atoms with Crippen molar-refractivity contribution in [2.24, 2.45) is 28.1 Å². The molecule has 3 saturated heterocycles. The van der Waals surface area contributed by atoms with Crippen LogP contribution in [0, 0.1) is 28.1 Å². The number of Topliss-reactive ketones (excluding diaryl/α,β-unsaturated/α-hetero) is 1. The highest BCUT2D eigenvalue weighted by Crippen LogP contribution is 2.78. The van der Waals surface area contributed by atoms with Gasteiger partial charge in [0, 0.05) is 28.7 Å². The Bertz CT molecular complexity index is 1100. The van der Waals surface area contributed by atoms with Crippen LogP contribution < -0.4 is 0 Å².